The molecule has 2 aromatic heterocycles. The van der Waals surface area contributed by atoms with Crippen molar-refractivity contribution in [3.8, 4) is 11.5 Å². The molecule has 0 saturated heterocycles. The highest BCUT2D eigenvalue weighted by atomic mass is 16.2. The molecule has 1 amide bonds. The smallest absolute Gasteiger partial charge is 0.246 e. The van der Waals surface area contributed by atoms with Crippen LogP contribution in [-0.4, -0.2) is 34.5 Å². The number of nitrogens with one attached hydrogen (secondary N) is 1. The van der Waals surface area contributed by atoms with E-state index in [1.165, 1.54) is 0 Å². The third-order valence-electron chi connectivity index (χ3n) is 3.03. The number of pyridine rings is 1. The number of rotatable bonds is 1. The quantitative estimate of drug-likeness (QED) is 0.830. The SMILES string of the molecule is Cc1cccc(-c2ncc3c(n2)NCC(=O)N3C)n1. The summed E-state index contributed by atoms with van der Waals surface area (Å²) in [4.78, 5) is 26.2. The molecule has 0 saturated carbocycles. The van der Waals surface area contributed by atoms with Crippen molar-refractivity contribution >= 4 is 17.4 Å². The zero-order chi connectivity index (χ0) is 13.4. The van der Waals surface area contributed by atoms with Gasteiger partial charge in [0.05, 0.1) is 12.7 Å². The van der Waals surface area contributed by atoms with Gasteiger partial charge in [0, 0.05) is 12.7 Å². The minimum atomic E-state index is -0.00229. The van der Waals surface area contributed by atoms with Gasteiger partial charge in [-0.25, -0.2) is 15.0 Å². The van der Waals surface area contributed by atoms with Gasteiger partial charge in [-0.15, -0.1) is 0 Å². The first-order chi connectivity index (χ1) is 9.15. The molecule has 1 aliphatic rings. The van der Waals surface area contributed by atoms with Crippen LogP contribution in [0.1, 0.15) is 5.69 Å². The molecule has 0 spiro atoms. The molecule has 3 rings (SSSR count). The molecule has 0 atom stereocenters. The number of aryl methyl sites for hydroxylation is 1. The van der Waals surface area contributed by atoms with E-state index < -0.39 is 0 Å². The summed E-state index contributed by atoms with van der Waals surface area (Å²) in [5.41, 5.74) is 2.33. The molecule has 0 radical (unpaired) electrons. The first-order valence-corrected chi connectivity index (χ1v) is 5.96. The number of likely N-dealkylation sites (N-methyl/N-ethyl adjacent to an activating group) is 1. The summed E-state index contributed by atoms with van der Waals surface area (Å²) in [5.74, 6) is 1.21. The van der Waals surface area contributed by atoms with Crippen molar-refractivity contribution in [2.75, 3.05) is 23.8 Å². The Balaban J connectivity index is 2.05. The zero-order valence-corrected chi connectivity index (χ0v) is 10.7. The van der Waals surface area contributed by atoms with Crippen LogP contribution in [0.5, 0.6) is 0 Å². The fourth-order valence-electron chi connectivity index (χ4n) is 1.95. The van der Waals surface area contributed by atoms with E-state index in [1.807, 2.05) is 25.1 Å². The monoisotopic (exact) mass is 255 g/mol. The molecule has 0 bridgehead atoms. The minimum Gasteiger partial charge on any atom is -0.359 e. The van der Waals surface area contributed by atoms with Crippen LogP contribution in [0.15, 0.2) is 24.4 Å². The number of fused-ring (bicyclic) bond motifs is 1. The summed E-state index contributed by atoms with van der Waals surface area (Å²) >= 11 is 0. The van der Waals surface area contributed by atoms with Gasteiger partial charge in [-0.1, -0.05) is 6.07 Å². The summed E-state index contributed by atoms with van der Waals surface area (Å²) < 4.78 is 0. The summed E-state index contributed by atoms with van der Waals surface area (Å²) in [6, 6.07) is 5.71. The lowest BCUT2D eigenvalue weighted by molar-refractivity contribution is -0.116. The van der Waals surface area contributed by atoms with Crippen LogP contribution >= 0.6 is 0 Å². The van der Waals surface area contributed by atoms with Gasteiger partial charge in [0.15, 0.2) is 11.6 Å². The highest BCUT2D eigenvalue weighted by Gasteiger charge is 2.22. The molecular formula is C13H13N5O. The van der Waals surface area contributed by atoms with Gasteiger partial charge in [0.2, 0.25) is 5.91 Å². The lowest BCUT2D eigenvalue weighted by Gasteiger charge is -2.25. The lowest BCUT2D eigenvalue weighted by Crippen LogP contribution is -2.37. The van der Waals surface area contributed by atoms with Crippen LogP contribution in [0.3, 0.4) is 0 Å². The number of amides is 1. The molecular weight excluding hydrogens is 242 g/mol. The third kappa shape index (κ3) is 2.01. The Morgan fingerprint density at radius 3 is 2.95 bits per heavy atom. The van der Waals surface area contributed by atoms with Crippen LogP contribution < -0.4 is 10.2 Å². The largest absolute Gasteiger partial charge is 0.359 e. The van der Waals surface area contributed by atoms with Crippen molar-refractivity contribution in [2.45, 2.75) is 6.92 Å². The number of hydrogen-bond acceptors (Lipinski definition) is 5. The van der Waals surface area contributed by atoms with Crippen LogP contribution in [0.25, 0.3) is 11.5 Å². The van der Waals surface area contributed by atoms with E-state index in [4.69, 9.17) is 0 Å². The van der Waals surface area contributed by atoms with Crippen molar-refractivity contribution in [2.24, 2.45) is 0 Å². The molecule has 0 aliphatic carbocycles. The number of carbonyl (C=O) groups excluding carboxylic acids is 1. The normalized spacial score (nSPS) is 14.0. The van der Waals surface area contributed by atoms with Crippen molar-refractivity contribution in [1.29, 1.82) is 0 Å². The summed E-state index contributed by atoms with van der Waals surface area (Å²) in [5, 5.41) is 3.00. The highest BCUT2D eigenvalue weighted by Crippen LogP contribution is 2.27. The van der Waals surface area contributed by atoms with Crippen molar-refractivity contribution in [3.63, 3.8) is 0 Å². The van der Waals surface area contributed by atoms with E-state index in [0.717, 1.165) is 11.4 Å². The number of carbonyl (C=O) groups is 1. The van der Waals surface area contributed by atoms with E-state index in [-0.39, 0.29) is 12.5 Å². The van der Waals surface area contributed by atoms with Crippen LogP contribution in [0.4, 0.5) is 11.5 Å². The maximum Gasteiger partial charge on any atom is 0.246 e. The predicted molar refractivity (Wildman–Crippen MR) is 71.9 cm³/mol. The van der Waals surface area contributed by atoms with Crippen molar-refractivity contribution in [3.05, 3.63) is 30.1 Å². The summed E-state index contributed by atoms with van der Waals surface area (Å²) in [7, 11) is 1.72. The van der Waals surface area contributed by atoms with Gasteiger partial charge in [-0.2, -0.15) is 0 Å². The summed E-state index contributed by atoms with van der Waals surface area (Å²) in [6.07, 6.45) is 1.64. The molecule has 6 nitrogen and oxygen atoms in total. The standard InChI is InChI=1S/C13H13N5O/c1-8-4-3-5-9(16-8)12-14-6-10-13(17-12)15-7-11(19)18(10)2/h3-6H,7H2,1-2H3,(H,14,15,17). The first-order valence-electron chi connectivity index (χ1n) is 5.96. The van der Waals surface area contributed by atoms with Gasteiger partial charge < -0.3 is 10.2 Å². The Hall–Kier alpha value is -2.50. The third-order valence-corrected chi connectivity index (χ3v) is 3.03. The second kappa shape index (κ2) is 4.31. The topological polar surface area (TPSA) is 71.0 Å². The Labute approximate surface area is 110 Å². The second-order valence-electron chi connectivity index (χ2n) is 4.40. The van der Waals surface area contributed by atoms with E-state index in [1.54, 1.807) is 18.1 Å². The Bertz CT molecular complexity index is 655. The zero-order valence-electron chi connectivity index (χ0n) is 10.7. The van der Waals surface area contributed by atoms with E-state index in [2.05, 4.69) is 20.3 Å². The van der Waals surface area contributed by atoms with Crippen molar-refractivity contribution < 1.29 is 4.79 Å². The van der Waals surface area contributed by atoms with Crippen molar-refractivity contribution in [1.82, 2.24) is 15.0 Å². The van der Waals surface area contributed by atoms with E-state index in [9.17, 15) is 4.79 Å². The lowest BCUT2D eigenvalue weighted by atomic mass is 10.2. The number of aromatic nitrogens is 3. The summed E-state index contributed by atoms with van der Waals surface area (Å²) in [6.45, 7) is 2.17. The predicted octanol–water partition coefficient (Wildman–Crippen LogP) is 1.24. The molecule has 0 aromatic carbocycles. The van der Waals surface area contributed by atoms with E-state index in [0.29, 0.717) is 17.3 Å². The Morgan fingerprint density at radius 2 is 2.16 bits per heavy atom. The maximum atomic E-state index is 11.6. The van der Waals surface area contributed by atoms with Gasteiger partial charge in [-0.3, -0.25) is 4.79 Å². The van der Waals surface area contributed by atoms with Gasteiger partial charge in [0.25, 0.3) is 0 Å². The highest BCUT2D eigenvalue weighted by molar-refractivity contribution is 6.01. The first kappa shape index (κ1) is 11.6. The van der Waals surface area contributed by atoms with Crippen LogP contribution in [-0.2, 0) is 4.79 Å². The Morgan fingerprint density at radius 1 is 1.32 bits per heavy atom. The fourth-order valence-corrected chi connectivity index (χ4v) is 1.95. The number of nitrogens with zero attached hydrogens (tertiary/aromatic N) is 4. The number of anilines is 2. The van der Waals surface area contributed by atoms with Crippen LogP contribution in [0.2, 0.25) is 0 Å². The molecule has 19 heavy (non-hydrogen) atoms. The van der Waals surface area contributed by atoms with E-state index >= 15 is 0 Å². The number of hydrogen-bond donors (Lipinski definition) is 1. The minimum absolute atomic E-state index is 0.00229. The average Bonchev–Trinajstić information content (AvgIpc) is 2.43. The molecule has 0 unspecified atom stereocenters. The van der Waals surface area contributed by atoms with Crippen LogP contribution in [0, 0.1) is 6.92 Å². The molecule has 3 heterocycles. The molecule has 6 heteroatoms. The fraction of sp³-hybridized carbons (Fsp3) is 0.231. The van der Waals surface area contributed by atoms with Gasteiger partial charge in [-0.05, 0) is 19.1 Å². The molecule has 1 aliphatic heterocycles. The Kier molecular flexibility index (Phi) is 2.63. The molecule has 0 fully saturated rings. The molecule has 2 aromatic rings. The molecule has 1 N–H and O–H groups in total. The second-order valence-corrected chi connectivity index (χ2v) is 4.40. The maximum absolute atomic E-state index is 11.6. The molecule has 96 valence electrons. The van der Waals surface area contributed by atoms with Gasteiger partial charge >= 0.3 is 0 Å². The van der Waals surface area contributed by atoms with Gasteiger partial charge in [0.1, 0.15) is 11.4 Å². The average molecular weight is 255 g/mol.